The summed E-state index contributed by atoms with van der Waals surface area (Å²) >= 11 is 0. The first kappa shape index (κ1) is 17.0. The Hall–Kier alpha value is -2.36. The molecule has 2 rings (SSSR count). The first-order valence-corrected chi connectivity index (χ1v) is 8.20. The quantitative estimate of drug-likeness (QED) is 0.810. The summed E-state index contributed by atoms with van der Waals surface area (Å²) in [6.07, 6.45) is 4.72. The number of carbonyl (C=O) groups is 1. The Morgan fingerprint density at radius 3 is 2.74 bits per heavy atom. The fourth-order valence-corrected chi connectivity index (χ4v) is 2.36. The predicted octanol–water partition coefficient (Wildman–Crippen LogP) is 3.61. The molecule has 1 aromatic heterocycles. The van der Waals surface area contributed by atoms with E-state index in [1.807, 2.05) is 31.3 Å². The third kappa shape index (κ3) is 5.40. The number of hydrogen-bond donors (Lipinski definition) is 1. The van der Waals surface area contributed by atoms with Crippen LogP contribution in [-0.2, 0) is 6.42 Å². The van der Waals surface area contributed by atoms with Crippen LogP contribution in [0.15, 0.2) is 48.7 Å². The molecule has 1 aromatic carbocycles. The molecular formula is C19H25N3O. The Kier molecular flexibility index (Phi) is 6.60. The van der Waals surface area contributed by atoms with Gasteiger partial charge >= 0.3 is 0 Å². The van der Waals surface area contributed by atoms with Gasteiger partial charge in [-0.05, 0) is 30.5 Å². The van der Waals surface area contributed by atoms with Gasteiger partial charge < -0.3 is 10.2 Å². The molecule has 0 aliphatic carbocycles. The van der Waals surface area contributed by atoms with Crippen molar-refractivity contribution in [2.45, 2.75) is 26.2 Å². The molecule has 23 heavy (non-hydrogen) atoms. The third-order valence-corrected chi connectivity index (χ3v) is 3.76. The zero-order chi connectivity index (χ0) is 16.5. The largest absolute Gasteiger partial charge is 0.370 e. The number of rotatable bonds is 8. The zero-order valence-corrected chi connectivity index (χ0v) is 14.0. The van der Waals surface area contributed by atoms with Crippen molar-refractivity contribution in [3.63, 3.8) is 0 Å². The number of nitrogens with zero attached hydrogens (tertiary/aromatic N) is 2. The van der Waals surface area contributed by atoms with Crippen molar-refractivity contribution < 1.29 is 4.79 Å². The van der Waals surface area contributed by atoms with E-state index in [4.69, 9.17) is 0 Å². The fourth-order valence-electron chi connectivity index (χ4n) is 2.36. The number of nitrogens with one attached hydrogen (secondary N) is 1. The van der Waals surface area contributed by atoms with Gasteiger partial charge in [0.1, 0.15) is 5.82 Å². The molecule has 0 fully saturated rings. The highest BCUT2D eigenvalue weighted by Gasteiger charge is 2.11. The minimum atomic E-state index is 0.0481. The number of unbranched alkanes of at least 4 members (excludes halogenated alkanes) is 1. The van der Waals surface area contributed by atoms with Gasteiger partial charge in [0.05, 0.1) is 0 Å². The maximum atomic E-state index is 12.4. The highest BCUT2D eigenvalue weighted by Crippen LogP contribution is 2.10. The van der Waals surface area contributed by atoms with Crippen LogP contribution in [0.3, 0.4) is 0 Å². The summed E-state index contributed by atoms with van der Waals surface area (Å²) in [4.78, 5) is 18.4. The molecule has 122 valence electrons. The minimum absolute atomic E-state index is 0.0481. The van der Waals surface area contributed by atoms with E-state index in [1.165, 1.54) is 5.56 Å². The molecule has 0 aliphatic heterocycles. The lowest BCUT2D eigenvalue weighted by Gasteiger charge is -2.17. The summed E-state index contributed by atoms with van der Waals surface area (Å²) in [6, 6.07) is 13.9. The summed E-state index contributed by atoms with van der Waals surface area (Å²) in [5.41, 5.74) is 1.97. The van der Waals surface area contributed by atoms with E-state index in [2.05, 4.69) is 29.4 Å². The molecule has 0 radical (unpaired) electrons. The first-order chi connectivity index (χ1) is 11.2. The molecule has 4 heteroatoms. The van der Waals surface area contributed by atoms with E-state index in [9.17, 15) is 4.79 Å². The lowest BCUT2D eigenvalue weighted by molar-refractivity contribution is 0.0793. The van der Waals surface area contributed by atoms with Gasteiger partial charge in [0.15, 0.2) is 0 Å². The number of pyridine rings is 1. The summed E-state index contributed by atoms with van der Waals surface area (Å²) in [5.74, 6) is 0.794. The molecule has 0 bridgehead atoms. The molecule has 2 aromatic rings. The van der Waals surface area contributed by atoms with E-state index in [-0.39, 0.29) is 5.91 Å². The number of anilines is 1. The van der Waals surface area contributed by atoms with Crippen molar-refractivity contribution in [3.8, 4) is 0 Å². The minimum Gasteiger partial charge on any atom is -0.370 e. The van der Waals surface area contributed by atoms with Crippen LogP contribution in [0, 0.1) is 0 Å². The molecule has 0 aliphatic rings. The second kappa shape index (κ2) is 8.93. The van der Waals surface area contributed by atoms with Gasteiger partial charge in [-0.15, -0.1) is 0 Å². The Morgan fingerprint density at radius 1 is 1.22 bits per heavy atom. The average Bonchev–Trinajstić information content (AvgIpc) is 2.60. The van der Waals surface area contributed by atoms with E-state index in [1.54, 1.807) is 17.2 Å². The molecule has 0 saturated carbocycles. The van der Waals surface area contributed by atoms with Gasteiger partial charge in [-0.1, -0.05) is 43.7 Å². The highest BCUT2D eigenvalue weighted by atomic mass is 16.2. The second-order valence-electron chi connectivity index (χ2n) is 5.67. The first-order valence-electron chi connectivity index (χ1n) is 8.20. The number of carbonyl (C=O) groups excluding carboxylic acids is 1. The fraction of sp³-hybridized carbons (Fsp3) is 0.368. The van der Waals surface area contributed by atoms with Crippen LogP contribution < -0.4 is 5.32 Å². The number of benzene rings is 1. The summed E-state index contributed by atoms with van der Waals surface area (Å²) < 4.78 is 0. The molecule has 0 saturated heterocycles. The zero-order valence-electron chi connectivity index (χ0n) is 14.0. The van der Waals surface area contributed by atoms with Crippen molar-refractivity contribution in [3.05, 3.63) is 59.8 Å². The number of amides is 1. The number of hydrogen-bond acceptors (Lipinski definition) is 3. The van der Waals surface area contributed by atoms with Crippen molar-refractivity contribution in [1.29, 1.82) is 0 Å². The van der Waals surface area contributed by atoms with E-state index >= 15 is 0 Å². The lowest BCUT2D eigenvalue weighted by Crippen LogP contribution is -2.27. The van der Waals surface area contributed by atoms with Gasteiger partial charge in [-0.25, -0.2) is 4.98 Å². The molecule has 1 amide bonds. The Bertz CT molecular complexity index is 613. The predicted molar refractivity (Wildman–Crippen MR) is 94.7 cm³/mol. The third-order valence-electron chi connectivity index (χ3n) is 3.76. The van der Waals surface area contributed by atoms with Gasteiger partial charge in [0.2, 0.25) is 0 Å². The van der Waals surface area contributed by atoms with Crippen LogP contribution in [0.1, 0.15) is 35.7 Å². The molecule has 0 atom stereocenters. The summed E-state index contributed by atoms with van der Waals surface area (Å²) in [6.45, 7) is 3.70. The van der Waals surface area contributed by atoms with Crippen molar-refractivity contribution >= 4 is 11.7 Å². The standard InChI is InChI=1S/C19H25N3O/c1-3-4-14-22(2)19(23)17-11-13-21-18(15-17)20-12-10-16-8-6-5-7-9-16/h5-9,11,13,15H,3-4,10,12,14H2,1-2H3,(H,20,21). The smallest absolute Gasteiger partial charge is 0.253 e. The second-order valence-corrected chi connectivity index (χ2v) is 5.67. The van der Waals surface area contributed by atoms with Gasteiger partial charge in [-0.3, -0.25) is 4.79 Å². The SMILES string of the molecule is CCCCN(C)C(=O)c1ccnc(NCCc2ccccc2)c1. The molecule has 0 unspecified atom stereocenters. The van der Waals surface area contributed by atoms with Crippen LogP contribution in [0.2, 0.25) is 0 Å². The van der Waals surface area contributed by atoms with Crippen molar-refractivity contribution in [2.24, 2.45) is 0 Å². The Labute approximate surface area is 138 Å². The summed E-state index contributed by atoms with van der Waals surface area (Å²) in [7, 11) is 1.85. The van der Waals surface area contributed by atoms with Crippen LogP contribution in [0.4, 0.5) is 5.82 Å². The average molecular weight is 311 g/mol. The monoisotopic (exact) mass is 311 g/mol. The Morgan fingerprint density at radius 2 is 2.00 bits per heavy atom. The van der Waals surface area contributed by atoms with Crippen LogP contribution in [0.5, 0.6) is 0 Å². The van der Waals surface area contributed by atoms with E-state index in [0.29, 0.717) is 5.56 Å². The van der Waals surface area contributed by atoms with Gasteiger partial charge in [-0.2, -0.15) is 0 Å². The molecular weight excluding hydrogens is 286 g/mol. The summed E-state index contributed by atoms with van der Waals surface area (Å²) in [5, 5.41) is 3.29. The van der Waals surface area contributed by atoms with Crippen LogP contribution in [-0.4, -0.2) is 35.9 Å². The topological polar surface area (TPSA) is 45.2 Å². The maximum Gasteiger partial charge on any atom is 0.253 e. The maximum absolute atomic E-state index is 12.4. The molecule has 0 spiro atoms. The molecule has 1 heterocycles. The van der Waals surface area contributed by atoms with E-state index < -0.39 is 0 Å². The van der Waals surface area contributed by atoms with Crippen molar-refractivity contribution in [2.75, 3.05) is 25.5 Å². The highest BCUT2D eigenvalue weighted by molar-refractivity contribution is 5.94. The Balaban J connectivity index is 1.90. The lowest BCUT2D eigenvalue weighted by atomic mass is 10.1. The molecule has 4 nitrogen and oxygen atoms in total. The molecule has 1 N–H and O–H groups in total. The van der Waals surface area contributed by atoms with E-state index in [0.717, 1.165) is 38.2 Å². The van der Waals surface area contributed by atoms with Gasteiger partial charge in [0, 0.05) is 31.9 Å². The van der Waals surface area contributed by atoms with Crippen molar-refractivity contribution in [1.82, 2.24) is 9.88 Å². The van der Waals surface area contributed by atoms with Gasteiger partial charge in [0.25, 0.3) is 5.91 Å². The number of aromatic nitrogens is 1. The van der Waals surface area contributed by atoms with Crippen LogP contribution in [0.25, 0.3) is 0 Å². The normalized spacial score (nSPS) is 10.3. The van der Waals surface area contributed by atoms with Crippen LogP contribution >= 0.6 is 0 Å².